The maximum atomic E-state index is 11.7. The molecular weight excluding hydrogens is 270 g/mol. The number of allylic oxidation sites excluding steroid dienone is 1. The molecule has 0 amide bonds. The van der Waals surface area contributed by atoms with Crippen molar-refractivity contribution in [1.29, 1.82) is 0 Å². The monoisotopic (exact) mass is 303 g/mol. The average molecular weight is 303 g/mol. The summed E-state index contributed by atoms with van der Waals surface area (Å²) in [5.74, 6) is 0.226. The van der Waals surface area contributed by atoms with E-state index in [1.54, 1.807) is 6.08 Å². The molecule has 1 aromatic rings. The lowest BCUT2D eigenvalue weighted by Crippen LogP contribution is -2.31. The second kappa shape index (κ2) is 14.5. The van der Waals surface area contributed by atoms with Gasteiger partial charge in [0.2, 0.25) is 0 Å². The number of carbonyl (C=O) groups excluding carboxylic acids is 1. The Hall–Kier alpha value is -1.41. The number of rotatable bonds is 5. The van der Waals surface area contributed by atoms with Gasteiger partial charge in [0, 0.05) is 13.0 Å². The lowest BCUT2D eigenvalue weighted by atomic mass is 10.1. The molecule has 2 heteroatoms. The summed E-state index contributed by atoms with van der Waals surface area (Å²) in [6, 6.07) is 9.97. The molecule has 1 aromatic carbocycles. The molecule has 0 aliphatic carbocycles. The summed E-state index contributed by atoms with van der Waals surface area (Å²) in [5, 5.41) is 0. The van der Waals surface area contributed by atoms with E-state index in [1.165, 1.54) is 19.3 Å². The molecule has 1 heterocycles. The molecule has 1 aliphatic rings. The number of carbonyl (C=O) groups is 1. The van der Waals surface area contributed by atoms with Crippen molar-refractivity contribution in [2.24, 2.45) is 0 Å². The summed E-state index contributed by atoms with van der Waals surface area (Å²) >= 11 is 0. The Bertz CT molecular complexity index is 391. The molecule has 0 saturated carbocycles. The molecular formula is C20H33NO. The van der Waals surface area contributed by atoms with Gasteiger partial charge in [-0.15, -0.1) is 0 Å². The van der Waals surface area contributed by atoms with Crippen LogP contribution in [-0.4, -0.2) is 30.3 Å². The van der Waals surface area contributed by atoms with Gasteiger partial charge < -0.3 is 4.90 Å². The highest BCUT2D eigenvalue weighted by Gasteiger charge is 2.10. The minimum absolute atomic E-state index is 0.226. The van der Waals surface area contributed by atoms with Crippen LogP contribution in [-0.2, 0) is 4.79 Å². The molecule has 1 fully saturated rings. The highest BCUT2D eigenvalue weighted by molar-refractivity contribution is 5.93. The molecule has 0 radical (unpaired) electrons. The van der Waals surface area contributed by atoms with Gasteiger partial charge in [-0.25, -0.2) is 0 Å². The van der Waals surface area contributed by atoms with Gasteiger partial charge in [0.15, 0.2) is 5.78 Å². The molecule has 0 bridgehead atoms. The van der Waals surface area contributed by atoms with Crippen LogP contribution >= 0.6 is 0 Å². The molecule has 22 heavy (non-hydrogen) atoms. The smallest absolute Gasteiger partial charge is 0.156 e. The first kappa shape index (κ1) is 20.6. The molecule has 2 nitrogen and oxygen atoms in total. The Morgan fingerprint density at radius 1 is 1.00 bits per heavy atom. The van der Waals surface area contributed by atoms with Gasteiger partial charge in [-0.05, 0) is 37.6 Å². The third kappa shape index (κ3) is 9.51. The third-order valence-electron chi connectivity index (χ3n) is 3.38. The second-order valence-electron chi connectivity index (χ2n) is 4.86. The predicted molar refractivity (Wildman–Crippen MR) is 98.1 cm³/mol. The maximum Gasteiger partial charge on any atom is 0.156 e. The standard InChI is InChI=1S/C16H21NO.2C2H6/c18-16(10-9-15-7-3-1-4-8-15)11-14-17-12-5-2-6-13-17;2*1-2/h1,3-4,7-10H,2,5-6,11-14H2;2*1-2H3/b10-9+;;. The van der Waals surface area contributed by atoms with Crippen molar-refractivity contribution in [3.8, 4) is 0 Å². The van der Waals surface area contributed by atoms with Crippen molar-refractivity contribution in [1.82, 2.24) is 4.90 Å². The van der Waals surface area contributed by atoms with Gasteiger partial charge in [0.1, 0.15) is 0 Å². The molecule has 0 N–H and O–H groups in total. The second-order valence-corrected chi connectivity index (χ2v) is 4.86. The van der Waals surface area contributed by atoms with Gasteiger partial charge in [-0.3, -0.25) is 4.79 Å². The van der Waals surface area contributed by atoms with Crippen LogP contribution < -0.4 is 0 Å². The fraction of sp³-hybridized carbons (Fsp3) is 0.550. The summed E-state index contributed by atoms with van der Waals surface area (Å²) < 4.78 is 0. The van der Waals surface area contributed by atoms with Gasteiger partial charge >= 0.3 is 0 Å². The molecule has 1 aliphatic heterocycles. The zero-order valence-corrected chi connectivity index (χ0v) is 14.8. The normalized spacial score (nSPS) is 14.5. The minimum Gasteiger partial charge on any atom is -0.303 e. The Morgan fingerprint density at radius 3 is 2.18 bits per heavy atom. The van der Waals surface area contributed by atoms with Gasteiger partial charge in [0.25, 0.3) is 0 Å². The number of hydrogen-bond acceptors (Lipinski definition) is 2. The van der Waals surface area contributed by atoms with E-state index in [9.17, 15) is 4.79 Å². The van der Waals surface area contributed by atoms with Crippen LogP contribution in [0.15, 0.2) is 36.4 Å². The topological polar surface area (TPSA) is 20.3 Å². The summed E-state index contributed by atoms with van der Waals surface area (Å²) in [5.41, 5.74) is 1.09. The molecule has 124 valence electrons. The predicted octanol–water partition coefficient (Wildman–Crippen LogP) is 5.20. The Labute approximate surface area is 137 Å². The number of nitrogens with zero attached hydrogens (tertiary/aromatic N) is 1. The zero-order chi connectivity index (χ0) is 16.6. The van der Waals surface area contributed by atoms with E-state index in [1.807, 2.05) is 64.1 Å². The van der Waals surface area contributed by atoms with Crippen LogP contribution in [0.25, 0.3) is 6.08 Å². The molecule has 2 rings (SSSR count). The fourth-order valence-electron chi connectivity index (χ4n) is 2.29. The highest BCUT2D eigenvalue weighted by Crippen LogP contribution is 2.09. The Morgan fingerprint density at radius 2 is 1.59 bits per heavy atom. The number of ketones is 1. The molecule has 0 aromatic heterocycles. The van der Waals surface area contributed by atoms with Crippen molar-refractivity contribution < 1.29 is 4.79 Å². The van der Waals surface area contributed by atoms with E-state index in [2.05, 4.69) is 4.90 Å². The van der Waals surface area contributed by atoms with Crippen molar-refractivity contribution in [2.45, 2.75) is 53.4 Å². The van der Waals surface area contributed by atoms with Crippen molar-refractivity contribution >= 4 is 11.9 Å². The summed E-state index contributed by atoms with van der Waals surface area (Å²) in [4.78, 5) is 14.1. The highest BCUT2D eigenvalue weighted by atomic mass is 16.1. The van der Waals surface area contributed by atoms with Crippen LogP contribution in [0.1, 0.15) is 58.9 Å². The first-order chi connectivity index (χ1) is 10.8. The van der Waals surface area contributed by atoms with Gasteiger partial charge in [-0.2, -0.15) is 0 Å². The third-order valence-corrected chi connectivity index (χ3v) is 3.38. The Kier molecular flexibility index (Phi) is 13.6. The zero-order valence-electron chi connectivity index (χ0n) is 14.8. The van der Waals surface area contributed by atoms with E-state index in [4.69, 9.17) is 0 Å². The number of likely N-dealkylation sites (tertiary alicyclic amines) is 1. The molecule has 1 saturated heterocycles. The van der Waals surface area contributed by atoms with Gasteiger partial charge in [0.05, 0.1) is 0 Å². The van der Waals surface area contributed by atoms with Crippen LogP contribution in [0.4, 0.5) is 0 Å². The lowest BCUT2D eigenvalue weighted by Gasteiger charge is -2.25. The van der Waals surface area contributed by atoms with Crippen LogP contribution in [0.3, 0.4) is 0 Å². The lowest BCUT2D eigenvalue weighted by molar-refractivity contribution is -0.114. The van der Waals surface area contributed by atoms with E-state index in [-0.39, 0.29) is 5.78 Å². The first-order valence-corrected chi connectivity index (χ1v) is 8.83. The average Bonchev–Trinajstić information content (AvgIpc) is 2.63. The summed E-state index contributed by atoms with van der Waals surface area (Å²) in [6.07, 6.45) is 8.17. The minimum atomic E-state index is 0.226. The van der Waals surface area contributed by atoms with E-state index < -0.39 is 0 Å². The number of piperidine rings is 1. The Balaban J connectivity index is 0.00000102. The maximum absolute atomic E-state index is 11.7. The van der Waals surface area contributed by atoms with Crippen LogP contribution in [0.2, 0.25) is 0 Å². The summed E-state index contributed by atoms with van der Waals surface area (Å²) in [6.45, 7) is 11.2. The number of benzene rings is 1. The first-order valence-electron chi connectivity index (χ1n) is 8.83. The van der Waals surface area contributed by atoms with Gasteiger partial charge in [-0.1, -0.05) is 70.5 Å². The summed E-state index contributed by atoms with van der Waals surface area (Å²) in [7, 11) is 0. The van der Waals surface area contributed by atoms with E-state index in [0.717, 1.165) is 25.2 Å². The van der Waals surface area contributed by atoms with E-state index in [0.29, 0.717) is 6.42 Å². The SMILES string of the molecule is CC.CC.O=C(/C=C/c1ccccc1)CCN1CCCCC1. The molecule has 0 unspecified atom stereocenters. The largest absolute Gasteiger partial charge is 0.303 e. The van der Waals surface area contributed by atoms with E-state index >= 15 is 0 Å². The van der Waals surface area contributed by atoms with Crippen LogP contribution in [0.5, 0.6) is 0 Å². The molecule has 0 atom stereocenters. The van der Waals surface area contributed by atoms with Crippen molar-refractivity contribution in [3.05, 3.63) is 42.0 Å². The van der Waals surface area contributed by atoms with Crippen LogP contribution in [0, 0.1) is 0 Å². The quantitative estimate of drug-likeness (QED) is 0.697. The van der Waals surface area contributed by atoms with Crippen molar-refractivity contribution in [2.75, 3.05) is 19.6 Å². The number of hydrogen-bond donors (Lipinski definition) is 0. The van der Waals surface area contributed by atoms with Crippen molar-refractivity contribution in [3.63, 3.8) is 0 Å². The molecule has 0 spiro atoms. The fourth-order valence-corrected chi connectivity index (χ4v) is 2.29.